The number of hydrogen-bond acceptors (Lipinski definition) is 10. The number of benzene rings is 2. The maximum absolute atomic E-state index is 12.7. The third-order valence-electron chi connectivity index (χ3n) is 8.34. The topological polar surface area (TPSA) is 144 Å². The van der Waals surface area contributed by atoms with Crippen molar-refractivity contribution in [3.8, 4) is 11.5 Å². The summed E-state index contributed by atoms with van der Waals surface area (Å²) in [5, 5.41) is 0.781. The van der Waals surface area contributed by atoms with Crippen LogP contribution < -0.4 is 9.47 Å². The van der Waals surface area contributed by atoms with Crippen LogP contribution >= 0.6 is 0 Å². The van der Waals surface area contributed by atoms with E-state index in [0.29, 0.717) is 35.8 Å². The van der Waals surface area contributed by atoms with Crippen LogP contribution in [-0.2, 0) is 38.7 Å². The quantitative estimate of drug-likeness (QED) is 0.0556. The fourth-order valence-corrected chi connectivity index (χ4v) is 5.95. The van der Waals surface area contributed by atoms with Gasteiger partial charge in [-0.25, -0.2) is 9.59 Å². The minimum absolute atomic E-state index is 0.00698. The monoisotopic (exact) mass is 720 g/mol. The van der Waals surface area contributed by atoms with E-state index in [4.69, 9.17) is 28.4 Å². The number of unbranched alkanes of at least 4 members (excludes halogenated alkanes) is 2. The smallest absolute Gasteiger partial charge is 0.330 e. The Bertz CT molecular complexity index is 1460. The first-order valence-electron chi connectivity index (χ1n) is 17.6. The lowest BCUT2D eigenvalue weighted by Gasteiger charge is -2.23. The molecule has 0 aromatic heterocycles. The van der Waals surface area contributed by atoms with E-state index in [2.05, 4.69) is 40.9 Å². The first-order valence-corrected chi connectivity index (χ1v) is 19.0. The first-order chi connectivity index (χ1) is 24.0. The van der Waals surface area contributed by atoms with Crippen LogP contribution in [0.1, 0.15) is 79.1 Å². The zero-order valence-electron chi connectivity index (χ0n) is 30.1. The lowest BCUT2D eigenvalue weighted by atomic mass is 10.0. The summed E-state index contributed by atoms with van der Waals surface area (Å²) in [7, 11) is -4.84. The van der Waals surface area contributed by atoms with Crippen LogP contribution in [0.3, 0.4) is 0 Å². The molecular formula is C38H56O11S. The number of ether oxygens (including phenoxy) is 6. The van der Waals surface area contributed by atoms with E-state index in [1.807, 2.05) is 0 Å². The molecule has 1 N–H and O–H groups in total. The molecule has 0 spiro atoms. The molecule has 0 aliphatic carbocycles. The molecule has 0 bridgehead atoms. The van der Waals surface area contributed by atoms with Gasteiger partial charge in [0.1, 0.15) is 29.6 Å². The Kier molecular flexibility index (Phi) is 19.7. The molecule has 11 nitrogen and oxygen atoms in total. The summed E-state index contributed by atoms with van der Waals surface area (Å²) in [5.74, 6) is -0.684. The number of rotatable bonds is 27. The summed E-state index contributed by atoms with van der Waals surface area (Å²) in [6, 6.07) is 7.88. The van der Waals surface area contributed by atoms with Crippen molar-refractivity contribution in [2.75, 3.05) is 39.6 Å². The molecule has 12 heteroatoms. The zero-order chi connectivity index (χ0) is 36.9. The zero-order valence-corrected chi connectivity index (χ0v) is 30.9. The van der Waals surface area contributed by atoms with Gasteiger partial charge in [0.25, 0.3) is 10.1 Å². The summed E-state index contributed by atoms with van der Waals surface area (Å²) in [6.45, 7) is 15.9. The van der Waals surface area contributed by atoms with Crippen LogP contribution in [0, 0.1) is 11.8 Å². The van der Waals surface area contributed by atoms with Crippen LogP contribution in [-0.4, -0.2) is 76.8 Å². The van der Waals surface area contributed by atoms with Gasteiger partial charge in [-0.1, -0.05) is 104 Å². The number of carbonyl (C=O) groups excluding carboxylic acids is 2. The molecule has 4 atom stereocenters. The van der Waals surface area contributed by atoms with Gasteiger partial charge in [0, 0.05) is 42.2 Å². The molecule has 0 radical (unpaired) electrons. The molecule has 2 aromatic carbocycles. The number of esters is 2. The number of hydrogen-bond donors (Lipinski definition) is 1. The third-order valence-corrected chi connectivity index (χ3v) is 9.20. The van der Waals surface area contributed by atoms with Crippen molar-refractivity contribution in [1.82, 2.24) is 0 Å². The van der Waals surface area contributed by atoms with Crippen molar-refractivity contribution in [1.29, 1.82) is 0 Å². The van der Waals surface area contributed by atoms with E-state index in [-0.39, 0.29) is 37.9 Å². The average molecular weight is 721 g/mol. The first kappa shape index (κ1) is 42.7. The molecule has 2 rings (SSSR count). The maximum atomic E-state index is 12.7. The van der Waals surface area contributed by atoms with Crippen LogP contribution in [0.4, 0.5) is 0 Å². The average Bonchev–Trinajstić information content (AvgIpc) is 3.11. The van der Waals surface area contributed by atoms with Crippen molar-refractivity contribution < 1.29 is 51.0 Å². The Morgan fingerprint density at radius 1 is 0.740 bits per heavy atom. The second-order valence-electron chi connectivity index (χ2n) is 12.3. The summed E-state index contributed by atoms with van der Waals surface area (Å²) >= 11 is 0. The Morgan fingerprint density at radius 2 is 1.22 bits per heavy atom. The third kappa shape index (κ3) is 14.8. The minimum atomic E-state index is -4.84. The lowest BCUT2D eigenvalue weighted by Crippen LogP contribution is -2.31. The summed E-state index contributed by atoms with van der Waals surface area (Å²) in [6.07, 6.45) is 8.61. The predicted octanol–water partition coefficient (Wildman–Crippen LogP) is 7.51. The molecule has 4 unspecified atom stereocenters. The van der Waals surface area contributed by atoms with Crippen LogP contribution in [0.2, 0.25) is 0 Å². The second kappa shape index (κ2) is 23.1. The second-order valence-corrected chi connectivity index (χ2v) is 13.7. The van der Waals surface area contributed by atoms with Gasteiger partial charge in [0.2, 0.25) is 0 Å². The van der Waals surface area contributed by atoms with E-state index < -0.39 is 39.2 Å². The Morgan fingerprint density at radius 3 is 1.66 bits per heavy atom. The molecule has 0 fully saturated rings. The molecular weight excluding hydrogens is 664 g/mol. The van der Waals surface area contributed by atoms with Gasteiger partial charge in [-0.05, 0) is 24.7 Å². The normalized spacial score (nSPS) is 13.9. The standard InChI is InChI=1S/C38H56O11S/c1-7-13-17-28(9-3)22-44-24-30(48-36(39)11-5)26-46-34-21-35(50(41,42)43)38(33-20-16-15-19-32(33)34)47-27-31(49-37(40)12-6)25-45-23-29(10-4)18-14-8-2/h11-12,15-16,19-21,28-31H,5-10,13-14,17-18,22-27H2,1-4H3,(H,41,42,43). The fraction of sp³-hybridized carbons (Fsp3) is 0.579. The molecule has 0 saturated carbocycles. The van der Waals surface area contributed by atoms with Crippen LogP contribution in [0.15, 0.2) is 60.5 Å². The highest BCUT2D eigenvalue weighted by molar-refractivity contribution is 7.86. The molecule has 280 valence electrons. The van der Waals surface area contributed by atoms with Gasteiger partial charge in [-0.15, -0.1) is 0 Å². The van der Waals surface area contributed by atoms with Gasteiger partial charge in [0.15, 0.2) is 12.2 Å². The molecule has 50 heavy (non-hydrogen) atoms. The van der Waals surface area contributed by atoms with E-state index in [0.717, 1.165) is 69.6 Å². The predicted molar refractivity (Wildman–Crippen MR) is 193 cm³/mol. The van der Waals surface area contributed by atoms with Crippen molar-refractivity contribution in [2.24, 2.45) is 11.8 Å². The Balaban J connectivity index is 2.33. The maximum Gasteiger partial charge on any atom is 0.330 e. The van der Waals surface area contributed by atoms with E-state index >= 15 is 0 Å². The molecule has 0 saturated heterocycles. The molecule has 2 aromatic rings. The molecule has 0 heterocycles. The Hall–Kier alpha value is -3.45. The van der Waals surface area contributed by atoms with Crippen molar-refractivity contribution in [2.45, 2.75) is 96.2 Å². The van der Waals surface area contributed by atoms with Crippen LogP contribution in [0.25, 0.3) is 10.8 Å². The lowest BCUT2D eigenvalue weighted by molar-refractivity contribution is -0.149. The number of carbonyl (C=O) groups is 2. The largest absolute Gasteiger partial charge is 0.489 e. The summed E-state index contributed by atoms with van der Waals surface area (Å²) in [4.78, 5) is 23.7. The van der Waals surface area contributed by atoms with Gasteiger partial charge in [-0.3, -0.25) is 4.55 Å². The molecule has 0 amide bonds. The summed E-state index contributed by atoms with van der Waals surface area (Å²) < 4.78 is 70.5. The van der Waals surface area contributed by atoms with E-state index in [9.17, 15) is 22.6 Å². The fourth-order valence-electron chi connectivity index (χ4n) is 5.30. The minimum Gasteiger partial charge on any atom is -0.489 e. The van der Waals surface area contributed by atoms with Gasteiger partial charge in [-0.2, -0.15) is 8.42 Å². The van der Waals surface area contributed by atoms with E-state index in [1.54, 1.807) is 24.3 Å². The highest BCUT2D eigenvalue weighted by atomic mass is 32.2. The SMILES string of the molecule is C=CC(=O)OC(COCC(CC)CCCC)COc1cc(S(=O)(=O)O)c(OCC(COCC(CC)CCCC)OC(=O)C=C)c2ccccc12. The van der Waals surface area contributed by atoms with Crippen molar-refractivity contribution in [3.05, 3.63) is 55.6 Å². The molecule has 0 aliphatic heterocycles. The molecule has 0 aliphatic rings. The Labute approximate surface area is 298 Å². The van der Waals surface area contributed by atoms with Crippen molar-refractivity contribution >= 4 is 32.8 Å². The van der Waals surface area contributed by atoms with Crippen LogP contribution in [0.5, 0.6) is 11.5 Å². The van der Waals surface area contributed by atoms with Gasteiger partial charge >= 0.3 is 11.9 Å². The summed E-state index contributed by atoms with van der Waals surface area (Å²) in [5.41, 5.74) is 0. The van der Waals surface area contributed by atoms with Gasteiger partial charge in [0.05, 0.1) is 13.2 Å². The van der Waals surface area contributed by atoms with Crippen molar-refractivity contribution in [3.63, 3.8) is 0 Å². The highest BCUT2D eigenvalue weighted by Gasteiger charge is 2.26. The van der Waals surface area contributed by atoms with E-state index in [1.165, 1.54) is 0 Å². The van der Waals surface area contributed by atoms with Gasteiger partial charge < -0.3 is 28.4 Å². The number of fused-ring (bicyclic) bond motifs is 1. The highest BCUT2D eigenvalue weighted by Crippen LogP contribution is 2.39.